The third kappa shape index (κ3) is 3.44. The van der Waals surface area contributed by atoms with Crippen molar-refractivity contribution in [2.45, 2.75) is 71.5 Å². The standard InChI is InChI=1S/C22H28BF2NO4/c1-13-11-15-17(27)14(2)19(26-9-7-22(24,25)8-10-26)28-18(15)16(12-13)23-29-20(3,4)21(5,6)30-23/h11-12H,7-10H2,1-6H3. The molecule has 0 amide bonds. The summed E-state index contributed by atoms with van der Waals surface area (Å²) >= 11 is 0. The second-order valence-corrected chi connectivity index (χ2v) is 9.52. The Morgan fingerprint density at radius 1 is 1.00 bits per heavy atom. The van der Waals surface area contributed by atoms with Gasteiger partial charge in [0.2, 0.25) is 5.88 Å². The first-order valence-electron chi connectivity index (χ1n) is 10.4. The summed E-state index contributed by atoms with van der Waals surface area (Å²) in [6.07, 6.45) is -0.516. The van der Waals surface area contributed by atoms with Crippen LogP contribution in [-0.4, -0.2) is 37.3 Å². The van der Waals surface area contributed by atoms with Crippen LogP contribution < -0.4 is 15.8 Å². The monoisotopic (exact) mass is 419 g/mol. The quantitative estimate of drug-likeness (QED) is 0.691. The number of rotatable bonds is 2. The van der Waals surface area contributed by atoms with Gasteiger partial charge in [-0.05, 0) is 47.6 Å². The van der Waals surface area contributed by atoms with Crippen LogP contribution in [0.5, 0.6) is 0 Å². The molecule has 0 atom stereocenters. The normalized spacial score (nSPS) is 22.7. The Bertz CT molecular complexity index is 1040. The molecule has 0 aliphatic carbocycles. The molecule has 0 spiro atoms. The maximum Gasteiger partial charge on any atom is 0.498 e. The molecule has 1 aromatic heterocycles. The Balaban J connectivity index is 1.85. The molecule has 2 saturated heterocycles. The first-order valence-corrected chi connectivity index (χ1v) is 10.4. The molecule has 0 unspecified atom stereocenters. The van der Waals surface area contributed by atoms with Crippen molar-refractivity contribution in [2.75, 3.05) is 18.0 Å². The highest BCUT2D eigenvalue weighted by atomic mass is 19.3. The molecular weight excluding hydrogens is 391 g/mol. The van der Waals surface area contributed by atoms with E-state index in [4.69, 9.17) is 13.7 Å². The van der Waals surface area contributed by atoms with Gasteiger partial charge in [-0.25, -0.2) is 8.78 Å². The fourth-order valence-electron chi connectivity index (χ4n) is 4.04. The minimum atomic E-state index is -2.67. The zero-order valence-electron chi connectivity index (χ0n) is 18.4. The fraction of sp³-hybridized carbons (Fsp3) is 0.591. The average molecular weight is 419 g/mol. The van der Waals surface area contributed by atoms with Crippen LogP contribution in [0.2, 0.25) is 0 Å². The lowest BCUT2D eigenvalue weighted by Gasteiger charge is -2.33. The Labute approximate surface area is 175 Å². The molecule has 0 saturated carbocycles. The SMILES string of the molecule is Cc1cc(B2OC(C)(C)C(C)(C)O2)c2oc(N3CCC(F)(F)CC3)c(C)c(=O)c2c1. The Kier molecular flexibility index (Phi) is 4.82. The zero-order chi connectivity index (χ0) is 22.1. The smallest absolute Gasteiger partial charge is 0.440 e. The number of piperidine rings is 1. The summed E-state index contributed by atoms with van der Waals surface area (Å²) in [4.78, 5) is 14.9. The topological polar surface area (TPSA) is 51.9 Å². The van der Waals surface area contributed by atoms with Crippen LogP contribution >= 0.6 is 0 Å². The highest BCUT2D eigenvalue weighted by Crippen LogP contribution is 2.38. The Hall–Kier alpha value is -1.93. The van der Waals surface area contributed by atoms with E-state index in [-0.39, 0.29) is 31.4 Å². The molecule has 0 N–H and O–H groups in total. The fourth-order valence-corrected chi connectivity index (χ4v) is 4.04. The van der Waals surface area contributed by atoms with Crippen LogP contribution in [-0.2, 0) is 9.31 Å². The van der Waals surface area contributed by atoms with Gasteiger partial charge >= 0.3 is 7.12 Å². The van der Waals surface area contributed by atoms with Gasteiger partial charge in [0.1, 0.15) is 5.58 Å². The third-order valence-corrected chi connectivity index (χ3v) is 6.66. The maximum absolute atomic E-state index is 13.6. The number of benzene rings is 1. The summed E-state index contributed by atoms with van der Waals surface area (Å²) in [5.74, 6) is -2.32. The summed E-state index contributed by atoms with van der Waals surface area (Å²) in [6.45, 7) is 11.7. The molecule has 2 aliphatic rings. The summed E-state index contributed by atoms with van der Waals surface area (Å²) < 4.78 is 45.9. The second kappa shape index (κ2) is 6.79. The average Bonchev–Trinajstić information content (AvgIpc) is 2.86. The predicted molar refractivity (Wildman–Crippen MR) is 114 cm³/mol. The van der Waals surface area contributed by atoms with Gasteiger partial charge in [0.25, 0.3) is 5.92 Å². The molecule has 8 heteroatoms. The number of hydrogen-bond donors (Lipinski definition) is 0. The van der Waals surface area contributed by atoms with Gasteiger partial charge < -0.3 is 18.6 Å². The summed E-state index contributed by atoms with van der Waals surface area (Å²) in [5.41, 5.74) is 1.11. The minimum absolute atomic E-state index is 0.139. The molecular formula is C22H28BF2NO4. The van der Waals surface area contributed by atoms with Crippen LogP contribution in [0.25, 0.3) is 11.0 Å². The van der Waals surface area contributed by atoms with E-state index in [0.29, 0.717) is 27.9 Å². The minimum Gasteiger partial charge on any atom is -0.440 e. The molecule has 0 bridgehead atoms. The van der Waals surface area contributed by atoms with E-state index in [0.717, 1.165) is 5.56 Å². The van der Waals surface area contributed by atoms with Crippen LogP contribution in [0, 0.1) is 13.8 Å². The number of alkyl halides is 2. The number of anilines is 1. The predicted octanol–water partition coefficient (Wildman–Crippen LogP) is 3.94. The Morgan fingerprint density at radius 2 is 1.57 bits per heavy atom. The van der Waals surface area contributed by atoms with Gasteiger partial charge in [0, 0.05) is 31.4 Å². The molecule has 4 rings (SSSR count). The lowest BCUT2D eigenvalue weighted by molar-refractivity contribution is -0.0225. The molecule has 0 radical (unpaired) electrons. The van der Waals surface area contributed by atoms with Gasteiger partial charge in [-0.15, -0.1) is 0 Å². The number of fused-ring (bicyclic) bond motifs is 1. The van der Waals surface area contributed by atoms with Gasteiger partial charge in [0.05, 0.1) is 22.2 Å². The maximum atomic E-state index is 13.6. The molecule has 3 heterocycles. The van der Waals surface area contributed by atoms with Gasteiger partial charge in [-0.1, -0.05) is 11.6 Å². The van der Waals surface area contributed by atoms with E-state index in [1.165, 1.54) is 0 Å². The van der Waals surface area contributed by atoms with E-state index in [9.17, 15) is 13.6 Å². The van der Waals surface area contributed by atoms with Crippen LogP contribution in [0.3, 0.4) is 0 Å². The van der Waals surface area contributed by atoms with Crippen LogP contribution in [0.4, 0.5) is 14.7 Å². The summed E-state index contributed by atoms with van der Waals surface area (Å²) in [5, 5.41) is 0.448. The van der Waals surface area contributed by atoms with Gasteiger partial charge in [0.15, 0.2) is 5.43 Å². The third-order valence-electron chi connectivity index (χ3n) is 6.66. The van der Waals surface area contributed by atoms with Gasteiger partial charge in [-0.2, -0.15) is 0 Å². The molecule has 1 aromatic carbocycles. The lowest BCUT2D eigenvalue weighted by atomic mass is 9.77. The van der Waals surface area contributed by atoms with E-state index in [2.05, 4.69) is 0 Å². The molecule has 5 nitrogen and oxygen atoms in total. The van der Waals surface area contributed by atoms with Crippen molar-refractivity contribution < 1.29 is 22.5 Å². The second-order valence-electron chi connectivity index (χ2n) is 9.52. The van der Waals surface area contributed by atoms with Crippen molar-refractivity contribution in [3.63, 3.8) is 0 Å². The molecule has 2 fully saturated rings. The number of nitrogens with zero attached hydrogens (tertiary/aromatic N) is 1. The van der Waals surface area contributed by atoms with Crippen LogP contribution in [0.1, 0.15) is 51.7 Å². The van der Waals surface area contributed by atoms with Crippen molar-refractivity contribution in [1.29, 1.82) is 0 Å². The molecule has 2 aliphatic heterocycles. The van der Waals surface area contributed by atoms with E-state index in [1.807, 2.05) is 40.7 Å². The molecule has 162 valence electrons. The van der Waals surface area contributed by atoms with Crippen molar-refractivity contribution >= 4 is 29.4 Å². The number of halogens is 2. The van der Waals surface area contributed by atoms with E-state index in [1.54, 1.807) is 17.9 Å². The van der Waals surface area contributed by atoms with Gasteiger partial charge in [-0.3, -0.25) is 4.79 Å². The first kappa shape index (κ1) is 21.3. The van der Waals surface area contributed by atoms with Crippen molar-refractivity contribution in [3.8, 4) is 0 Å². The summed E-state index contributed by atoms with van der Waals surface area (Å²) in [6, 6.07) is 3.69. The first-order chi connectivity index (χ1) is 13.8. The zero-order valence-corrected chi connectivity index (χ0v) is 18.4. The number of aryl methyl sites for hydroxylation is 1. The van der Waals surface area contributed by atoms with E-state index >= 15 is 0 Å². The van der Waals surface area contributed by atoms with Crippen molar-refractivity contribution in [1.82, 2.24) is 0 Å². The van der Waals surface area contributed by atoms with Crippen LogP contribution in [0.15, 0.2) is 21.3 Å². The van der Waals surface area contributed by atoms with Crippen molar-refractivity contribution in [2.24, 2.45) is 0 Å². The molecule has 2 aromatic rings. The van der Waals surface area contributed by atoms with Crippen molar-refractivity contribution in [3.05, 3.63) is 33.5 Å². The lowest BCUT2D eigenvalue weighted by Crippen LogP contribution is -2.41. The molecule has 30 heavy (non-hydrogen) atoms. The summed E-state index contributed by atoms with van der Waals surface area (Å²) in [7, 11) is -0.693. The number of hydrogen-bond acceptors (Lipinski definition) is 5. The highest BCUT2D eigenvalue weighted by Gasteiger charge is 2.52. The highest BCUT2D eigenvalue weighted by molar-refractivity contribution is 6.64. The Morgan fingerprint density at radius 3 is 2.13 bits per heavy atom. The van der Waals surface area contributed by atoms with E-state index < -0.39 is 24.2 Å². The largest absolute Gasteiger partial charge is 0.498 e.